The van der Waals surface area contributed by atoms with Crippen LogP contribution in [-0.4, -0.2) is 38.5 Å². The Morgan fingerprint density at radius 2 is 2.05 bits per heavy atom. The molecular weight excluding hydrogens is 290 g/mol. The van der Waals surface area contributed by atoms with Crippen molar-refractivity contribution in [2.75, 3.05) is 18.2 Å². The summed E-state index contributed by atoms with van der Waals surface area (Å²) >= 11 is 0. The summed E-state index contributed by atoms with van der Waals surface area (Å²) in [4.78, 5) is 11.9. The smallest absolute Gasteiger partial charge is 0.340 e. The van der Waals surface area contributed by atoms with E-state index in [1.54, 1.807) is 25.1 Å². The van der Waals surface area contributed by atoms with Crippen LogP contribution in [0.15, 0.2) is 24.3 Å². The van der Waals surface area contributed by atoms with Crippen molar-refractivity contribution in [1.29, 1.82) is 0 Å². The number of ether oxygens (including phenoxy) is 1. The molecule has 1 aromatic rings. The zero-order valence-corrected chi connectivity index (χ0v) is 13.2. The molecule has 0 aliphatic heterocycles. The van der Waals surface area contributed by atoms with Crippen molar-refractivity contribution >= 4 is 21.5 Å². The lowest BCUT2D eigenvalue weighted by molar-refractivity contribution is 0.0527. The molecule has 1 aliphatic rings. The van der Waals surface area contributed by atoms with Gasteiger partial charge in [-0.05, 0) is 38.3 Å². The van der Waals surface area contributed by atoms with Gasteiger partial charge in [0.2, 0.25) is 0 Å². The maximum absolute atomic E-state index is 11.9. The lowest BCUT2D eigenvalue weighted by Crippen LogP contribution is -2.34. The van der Waals surface area contributed by atoms with Gasteiger partial charge in [0, 0.05) is 18.0 Å². The topological polar surface area (TPSA) is 72.5 Å². The number of carbonyl (C=O) groups is 1. The number of esters is 1. The van der Waals surface area contributed by atoms with Gasteiger partial charge in [-0.1, -0.05) is 12.1 Å². The molecule has 0 radical (unpaired) electrons. The van der Waals surface area contributed by atoms with Crippen LogP contribution < -0.4 is 5.32 Å². The molecule has 2 atom stereocenters. The number of nitrogens with one attached hydrogen (secondary N) is 1. The van der Waals surface area contributed by atoms with Gasteiger partial charge in [0.05, 0.1) is 17.4 Å². The molecular formula is C15H21NO4S. The standard InChI is InChI=1S/C15H21NO4S/c1-3-20-15(17)11-7-4-5-8-12(11)16-13-9-6-10-14(13)21(2,18)19/h4-5,7-8,13-14,16H,3,6,9-10H2,1-2H3. The molecule has 0 heterocycles. The monoisotopic (exact) mass is 311 g/mol. The molecule has 2 unspecified atom stereocenters. The summed E-state index contributed by atoms with van der Waals surface area (Å²) in [7, 11) is -3.09. The molecule has 0 amide bonds. The van der Waals surface area contributed by atoms with Crippen LogP contribution in [0.3, 0.4) is 0 Å². The Balaban J connectivity index is 2.22. The second kappa shape index (κ2) is 6.47. The number of rotatable bonds is 5. The van der Waals surface area contributed by atoms with Crippen molar-refractivity contribution in [2.24, 2.45) is 0 Å². The van der Waals surface area contributed by atoms with Crippen LogP contribution in [0, 0.1) is 0 Å². The summed E-state index contributed by atoms with van der Waals surface area (Å²) in [5.74, 6) is -0.394. The van der Waals surface area contributed by atoms with Crippen LogP contribution in [-0.2, 0) is 14.6 Å². The third-order valence-corrected chi connectivity index (χ3v) is 5.43. The average Bonchev–Trinajstić information content (AvgIpc) is 2.88. The number of hydrogen-bond donors (Lipinski definition) is 1. The first kappa shape index (κ1) is 15.8. The van der Waals surface area contributed by atoms with Crippen molar-refractivity contribution in [3.8, 4) is 0 Å². The normalized spacial score (nSPS) is 22.0. The van der Waals surface area contributed by atoms with Crippen molar-refractivity contribution in [3.05, 3.63) is 29.8 Å². The van der Waals surface area contributed by atoms with Crippen molar-refractivity contribution in [2.45, 2.75) is 37.5 Å². The SMILES string of the molecule is CCOC(=O)c1ccccc1NC1CCCC1S(C)(=O)=O. The number of hydrogen-bond acceptors (Lipinski definition) is 5. The number of anilines is 1. The molecule has 5 nitrogen and oxygen atoms in total. The zero-order chi connectivity index (χ0) is 15.5. The third-order valence-electron chi connectivity index (χ3n) is 3.77. The highest BCUT2D eigenvalue weighted by molar-refractivity contribution is 7.91. The Labute approximate surface area is 125 Å². The van der Waals surface area contributed by atoms with Gasteiger partial charge in [-0.25, -0.2) is 13.2 Å². The van der Waals surface area contributed by atoms with Gasteiger partial charge in [-0.3, -0.25) is 0 Å². The van der Waals surface area contributed by atoms with E-state index in [2.05, 4.69) is 5.32 Å². The highest BCUT2D eigenvalue weighted by atomic mass is 32.2. The minimum absolute atomic E-state index is 0.157. The molecule has 0 saturated heterocycles. The first-order valence-corrected chi connectivity index (χ1v) is 9.10. The Hall–Kier alpha value is -1.56. The number of benzene rings is 1. The van der Waals surface area contributed by atoms with E-state index in [1.165, 1.54) is 6.26 Å². The van der Waals surface area contributed by atoms with Crippen LogP contribution in [0.1, 0.15) is 36.5 Å². The maximum atomic E-state index is 11.9. The molecule has 0 aromatic heterocycles. The summed E-state index contributed by atoms with van der Waals surface area (Å²) < 4.78 is 28.7. The highest BCUT2D eigenvalue weighted by Crippen LogP contribution is 2.29. The van der Waals surface area contributed by atoms with Gasteiger partial charge in [0.25, 0.3) is 0 Å². The fourth-order valence-electron chi connectivity index (χ4n) is 2.80. The zero-order valence-electron chi connectivity index (χ0n) is 12.3. The molecule has 1 aromatic carbocycles. The first-order chi connectivity index (χ1) is 9.93. The Morgan fingerprint density at radius 1 is 1.33 bits per heavy atom. The van der Waals surface area contributed by atoms with Crippen molar-refractivity contribution in [1.82, 2.24) is 0 Å². The molecule has 0 bridgehead atoms. The van der Waals surface area contributed by atoms with E-state index in [0.29, 0.717) is 24.3 Å². The van der Waals surface area contributed by atoms with Crippen LogP contribution in [0.2, 0.25) is 0 Å². The van der Waals surface area contributed by atoms with E-state index in [4.69, 9.17) is 4.74 Å². The number of carbonyl (C=O) groups excluding carboxylic acids is 1. The largest absolute Gasteiger partial charge is 0.462 e. The predicted octanol–water partition coefficient (Wildman–Crippen LogP) is 2.24. The second-order valence-corrected chi connectivity index (χ2v) is 7.58. The summed E-state index contributed by atoms with van der Waals surface area (Å²) in [6.45, 7) is 2.06. The van der Waals surface area contributed by atoms with E-state index in [0.717, 1.165) is 12.8 Å². The quantitative estimate of drug-likeness (QED) is 0.844. The molecule has 2 rings (SSSR count). The molecule has 0 spiro atoms. The molecule has 116 valence electrons. The van der Waals surface area contributed by atoms with Gasteiger partial charge in [0.1, 0.15) is 0 Å². The fourth-order valence-corrected chi connectivity index (χ4v) is 4.19. The molecule has 1 fully saturated rings. The Bertz CT molecular complexity index is 612. The van der Waals surface area contributed by atoms with Crippen LogP contribution in [0.25, 0.3) is 0 Å². The van der Waals surface area contributed by atoms with E-state index in [1.807, 2.05) is 6.07 Å². The molecule has 21 heavy (non-hydrogen) atoms. The van der Waals surface area contributed by atoms with Gasteiger partial charge in [-0.15, -0.1) is 0 Å². The third kappa shape index (κ3) is 3.75. The van der Waals surface area contributed by atoms with Crippen LogP contribution in [0.5, 0.6) is 0 Å². The summed E-state index contributed by atoms with van der Waals surface area (Å²) in [5.41, 5.74) is 1.08. The van der Waals surface area contributed by atoms with Gasteiger partial charge in [-0.2, -0.15) is 0 Å². The number of para-hydroxylation sites is 1. The van der Waals surface area contributed by atoms with Crippen LogP contribution >= 0.6 is 0 Å². The van der Waals surface area contributed by atoms with Gasteiger partial charge >= 0.3 is 5.97 Å². The van der Waals surface area contributed by atoms with E-state index in [9.17, 15) is 13.2 Å². The fraction of sp³-hybridized carbons (Fsp3) is 0.533. The van der Waals surface area contributed by atoms with E-state index in [-0.39, 0.29) is 6.04 Å². The van der Waals surface area contributed by atoms with E-state index < -0.39 is 21.1 Å². The highest BCUT2D eigenvalue weighted by Gasteiger charge is 2.35. The average molecular weight is 311 g/mol. The Kier molecular flexibility index (Phi) is 4.88. The van der Waals surface area contributed by atoms with Gasteiger partial charge in [0.15, 0.2) is 9.84 Å². The molecule has 1 N–H and O–H groups in total. The molecule has 1 saturated carbocycles. The van der Waals surface area contributed by atoms with Crippen LogP contribution in [0.4, 0.5) is 5.69 Å². The second-order valence-electron chi connectivity index (χ2n) is 5.32. The predicted molar refractivity (Wildman–Crippen MR) is 82.3 cm³/mol. The molecule has 6 heteroatoms. The summed E-state index contributed by atoms with van der Waals surface area (Å²) in [6, 6.07) is 6.89. The van der Waals surface area contributed by atoms with Crippen molar-refractivity contribution < 1.29 is 17.9 Å². The van der Waals surface area contributed by atoms with Gasteiger partial charge < -0.3 is 10.1 Å². The van der Waals surface area contributed by atoms with Crippen molar-refractivity contribution in [3.63, 3.8) is 0 Å². The Morgan fingerprint density at radius 3 is 2.71 bits per heavy atom. The summed E-state index contributed by atoms with van der Waals surface area (Å²) in [6.07, 6.45) is 3.60. The first-order valence-electron chi connectivity index (χ1n) is 7.15. The maximum Gasteiger partial charge on any atom is 0.340 e. The molecule has 1 aliphatic carbocycles. The lowest BCUT2D eigenvalue weighted by Gasteiger charge is -2.22. The summed E-state index contributed by atoms with van der Waals surface area (Å²) in [5, 5.41) is 2.83. The number of sulfone groups is 1. The van der Waals surface area contributed by atoms with E-state index >= 15 is 0 Å². The lowest BCUT2D eigenvalue weighted by atomic mass is 10.1. The minimum atomic E-state index is -3.09. The minimum Gasteiger partial charge on any atom is -0.462 e.